The minimum Gasteiger partial charge on any atom is -0.487 e. The summed E-state index contributed by atoms with van der Waals surface area (Å²) in [5.74, 6) is -0.148. The number of carbonyl (C=O) groups excluding carboxylic acids is 4. The average molecular weight is 394 g/mol. The summed E-state index contributed by atoms with van der Waals surface area (Å²) in [6.45, 7) is 3.60. The van der Waals surface area contributed by atoms with E-state index in [2.05, 4.69) is 0 Å². The van der Waals surface area contributed by atoms with E-state index in [0.717, 1.165) is 10.0 Å². The van der Waals surface area contributed by atoms with Crippen molar-refractivity contribution in [3.05, 3.63) is 11.5 Å². The molecular weight excluding hydrogens is 372 g/mol. The van der Waals surface area contributed by atoms with Crippen LogP contribution in [0.1, 0.15) is 39.5 Å². The van der Waals surface area contributed by atoms with Gasteiger partial charge in [-0.05, 0) is 26.7 Å². The zero-order valence-electron chi connectivity index (χ0n) is 15.7. The Balaban J connectivity index is 2.54. The number of hydrogen-bond acceptors (Lipinski definition) is 7. The second-order valence-electron chi connectivity index (χ2n) is 6.43. The van der Waals surface area contributed by atoms with Crippen LogP contribution in [0.4, 0.5) is 0 Å². The van der Waals surface area contributed by atoms with Gasteiger partial charge in [0.25, 0.3) is 11.8 Å². The Labute approximate surface area is 161 Å². The largest absolute Gasteiger partial charge is 0.487 e. The van der Waals surface area contributed by atoms with Crippen molar-refractivity contribution in [2.24, 2.45) is 5.41 Å². The van der Waals surface area contributed by atoms with E-state index < -0.39 is 42.1 Å². The molecule has 0 radical (unpaired) electrons. The van der Waals surface area contributed by atoms with E-state index in [1.807, 2.05) is 0 Å². The number of nitrogens with zero attached hydrogens (tertiary/aromatic N) is 2. The molecule has 2 fully saturated rings. The van der Waals surface area contributed by atoms with Gasteiger partial charge in [-0.3, -0.25) is 9.59 Å². The van der Waals surface area contributed by atoms with Crippen LogP contribution in [0.2, 0.25) is 0 Å². The Morgan fingerprint density at radius 3 is 2.07 bits per heavy atom. The fourth-order valence-electron chi connectivity index (χ4n) is 3.56. The van der Waals surface area contributed by atoms with Crippen molar-refractivity contribution in [1.82, 2.24) is 10.0 Å². The normalized spacial score (nSPS) is 23.6. The number of hydrogen-bond donors (Lipinski definition) is 1. The van der Waals surface area contributed by atoms with E-state index in [0.29, 0.717) is 6.42 Å². The predicted octanol–water partition coefficient (Wildman–Crippen LogP) is 0.0898. The number of carbonyl (C=O) groups is 3. The molecule has 2 amide bonds. The second kappa shape index (κ2) is 8.73. The van der Waals surface area contributed by atoms with E-state index >= 15 is 0 Å². The lowest BCUT2D eigenvalue weighted by Gasteiger charge is -2.36. The monoisotopic (exact) mass is 394 g/mol. The molecule has 2 aliphatic rings. The van der Waals surface area contributed by atoms with Crippen LogP contribution >= 0.6 is 0 Å². The van der Waals surface area contributed by atoms with Crippen LogP contribution in [-0.4, -0.2) is 70.6 Å². The first-order chi connectivity index (χ1) is 13.4. The number of carboxylic acid groups (broad SMARTS) is 1. The molecule has 1 N–H and O–H groups in total. The molecule has 10 heteroatoms. The molecule has 2 rings (SSSR count). The quantitative estimate of drug-likeness (QED) is 0.331. The Kier molecular flexibility index (Phi) is 6.62. The van der Waals surface area contributed by atoms with Crippen LogP contribution in [0.15, 0.2) is 11.5 Å². The van der Waals surface area contributed by atoms with Crippen molar-refractivity contribution < 1.29 is 38.6 Å². The number of aliphatic carboxylic acids is 1. The topological polar surface area (TPSA) is 131 Å². The Morgan fingerprint density at radius 1 is 1.11 bits per heavy atom. The Hall–Kier alpha value is -3.09. The number of hydrazine groups is 1. The molecule has 2 aliphatic heterocycles. The molecule has 28 heavy (non-hydrogen) atoms. The van der Waals surface area contributed by atoms with E-state index in [4.69, 9.17) is 9.47 Å². The molecule has 0 spiro atoms. The highest BCUT2D eigenvalue weighted by molar-refractivity contribution is 6.11. The minimum atomic E-state index is -1.93. The van der Waals surface area contributed by atoms with Gasteiger partial charge in [0.05, 0.1) is 13.2 Å². The van der Waals surface area contributed by atoms with E-state index in [1.165, 1.54) is 0 Å². The number of ether oxygens (including phenoxy) is 2. The third kappa shape index (κ3) is 3.65. The third-order valence-electron chi connectivity index (χ3n) is 4.74. The first-order valence-corrected chi connectivity index (χ1v) is 8.98. The lowest BCUT2D eigenvalue weighted by Crippen LogP contribution is -2.54. The number of rotatable bonds is 9. The molecule has 0 saturated carbocycles. The molecular formula is C18H22N2O8. The highest BCUT2D eigenvalue weighted by Crippen LogP contribution is 2.45. The fourth-order valence-corrected chi connectivity index (χ4v) is 3.56. The molecule has 0 bridgehead atoms. The summed E-state index contributed by atoms with van der Waals surface area (Å²) < 4.78 is 10.3. The highest BCUT2D eigenvalue weighted by atomic mass is 16.5. The molecule has 0 aromatic carbocycles. The second-order valence-corrected chi connectivity index (χ2v) is 6.43. The number of carboxylic acids is 1. The van der Waals surface area contributed by atoms with Gasteiger partial charge in [0.1, 0.15) is 5.41 Å². The van der Waals surface area contributed by atoms with Crippen molar-refractivity contribution in [2.75, 3.05) is 19.8 Å². The average Bonchev–Trinajstić information content (AvgIpc) is 2.89. The maximum Gasteiger partial charge on any atom is 0.328 e. The van der Waals surface area contributed by atoms with Crippen molar-refractivity contribution in [3.8, 4) is 0 Å². The van der Waals surface area contributed by atoms with Crippen molar-refractivity contribution in [1.29, 1.82) is 0 Å². The summed E-state index contributed by atoms with van der Waals surface area (Å²) in [6.07, 6.45) is -0.337. The van der Waals surface area contributed by atoms with Gasteiger partial charge in [0.15, 0.2) is 29.4 Å². The standard InChI is InChI=1S/C18H22N2O8/c1-3-27-12(10-21)8-18(9-13(11-22)28-4-2)16(25)19-7-5-6-14(15(23)24)20(19)17(18)26/h14H,3-9H2,1-2H3,(H,23,24). The van der Waals surface area contributed by atoms with Gasteiger partial charge in [-0.25, -0.2) is 24.4 Å². The first kappa shape index (κ1) is 21.2. The Morgan fingerprint density at radius 2 is 1.64 bits per heavy atom. The summed E-state index contributed by atoms with van der Waals surface area (Å²) in [5.41, 5.74) is -1.93. The predicted molar refractivity (Wildman–Crippen MR) is 92.5 cm³/mol. The maximum absolute atomic E-state index is 13.3. The number of amides is 2. The summed E-state index contributed by atoms with van der Waals surface area (Å²) in [6, 6.07) is -1.21. The summed E-state index contributed by atoms with van der Waals surface area (Å²) in [7, 11) is 0. The van der Waals surface area contributed by atoms with Crippen LogP contribution < -0.4 is 0 Å². The maximum atomic E-state index is 13.3. The van der Waals surface area contributed by atoms with Crippen LogP contribution in [0.5, 0.6) is 0 Å². The molecule has 2 saturated heterocycles. The van der Waals surface area contributed by atoms with Gasteiger partial charge in [-0.2, -0.15) is 0 Å². The van der Waals surface area contributed by atoms with E-state index in [9.17, 15) is 29.1 Å². The van der Waals surface area contributed by atoms with Gasteiger partial charge in [-0.1, -0.05) is 0 Å². The third-order valence-corrected chi connectivity index (χ3v) is 4.74. The number of allylic oxidation sites excluding steroid dienone is 2. The van der Waals surface area contributed by atoms with Crippen LogP contribution in [0, 0.1) is 5.41 Å². The smallest absolute Gasteiger partial charge is 0.328 e. The zero-order valence-corrected chi connectivity index (χ0v) is 15.7. The zero-order chi connectivity index (χ0) is 20.9. The number of fused-ring (bicyclic) bond motifs is 1. The highest BCUT2D eigenvalue weighted by Gasteiger charge is 2.62. The molecule has 0 aromatic heterocycles. The van der Waals surface area contributed by atoms with Crippen molar-refractivity contribution in [2.45, 2.75) is 45.6 Å². The molecule has 1 atom stereocenters. The molecule has 0 aliphatic carbocycles. The van der Waals surface area contributed by atoms with Gasteiger partial charge < -0.3 is 14.6 Å². The molecule has 152 valence electrons. The van der Waals surface area contributed by atoms with Crippen LogP contribution in [0.3, 0.4) is 0 Å². The van der Waals surface area contributed by atoms with Crippen molar-refractivity contribution >= 4 is 29.7 Å². The fraction of sp³-hybridized carbons (Fsp3) is 0.611. The first-order valence-electron chi connectivity index (χ1n) is 8.98. The lowest BCUT2D eigenvalue weighted by molar-refractivity contribution is -0.169. The SMILES string of the molecule is CCOC(=C=O)CC1(CC(=C=O)OCC)C(=O)N2CCCC(C(=O)O)N2C1=O. The van der Waals surface area contributed by atoms with Gasteiger partial charge >= 0.3 is 5.97 Å². The van der Waals surface area contributed by atoms with Gasteiger partial charge in [-0.15, -0.1) is 0 Å². The molecule has 2 heterocycles. The molecule has 1 unspecified atom stereocenters. The van der Waals surface area contributed by atoms with Gasteiger partial charge in [0, 0.05) is 19.4 Å². The van der Waals surface area contributed by atoms with Crippen LogP contribution in [-0.2, 0) is 33.4 Å². The Bertz CT molecular complexity index is 734. The minimum absolute atomic E-state index is 0.107. The molecule has 10 nitrogen and oxygen atoms in total. The van der Waals surface area contributed by atoms with Crippen molar-refractivity contribution in [3.63, 3.8) is 0 Å². The lowest BCUT2D eigenvalue weighted by atomic mass is 9.78. The summed E-state index contributed by atoms with van der Waals surface area (Å²) >= 11 is 0. The summed E-state index contributed by atoms with van der Waals surface area (Å²) in [4.78, 5) is 60.7. The van der Waals surface area contributed by atoms with Gasteiger partial charge in [0.2, 0.25) is 0 Å². The molecule has 0 aromatic rings. The van der Waals surface area contributed by atoms with E-state index in [-0.39, 0.29) is 37.7 Å². The van der Waals surface area contributed by atoms with Crippen LogP contribution in [0.25, 0.3) is 0 Å². The summed E-state index contributed by atoms with van der Waals surface area (Å²) in [5, 5.41) is 11.5. The van der Waals surface area contributed by atoms with E-state index in [1.54, 1.807) is 25.7 Å².